The maximum absolute atomic E-state index is 13.5. The van der Waals surface area contributed by atoms with Crippen LogP contribution in [-0.4, -0.2) is 27.3 Å². The third kappa shape index (κ3) is 5.24. The van der Waals surface area contributed by atoms with Crippen LogP contribution in [0.1, 0.15) is 49.9 Å². The van der Waals surface area contributed by atoms with Crippen LogP contribution < -0.4 is 10.6 Å². The number of guanidine groups is 1. The van der Waals surface area contributed by atoms with Gasteiger partial charge in [0.2, 0.25) is 0 Å². The third-order valence-electron chi connectivity index (χ3n) is 4.18. The SMILES string of the molecule is CCCCNC(=NCc1nnc(C)n1C)NC(C)c1ccc(F)c(F)c1. The van der Waals surface area contributed by atoms with E-state index < -0.39 is 11.6 Å². The molecule has 0 aliphatic heterocycles. The lowest BCUT2D eigenvalue weighted by atomic mass is 10.1. The summed E-state index contributed by atoms with van der Waals surface area (Å²) >= 11 is 0. The minimum absolute atomic E-state index is 0.237. The van der Waals surface area contributed by atoms with Crippen LogP contribution in [0.3, 0.4) is 0 Å². The number of aromatic nitrogens is 3. The van der Waals surface area contributed by atoms with Crippen molar-refractivity contribution in [2.45, 2.75) is 46.2 Å². The number of hydrogen-bond acceptors (Lipinski definition) is 3. The Labute approximate surface area is 152 Å². The molecule has 0 fully saturated rings. The van der Waals surface area contributed by atoms with Crippen molar-refractivity contribution in [3.8, 4) is 0 Å². The zero-order chi connectivity index (χ0) is 19.1. The van der Waals surface area contributed by atoms with Crippen LogP contribution in [0.25, 0.3) is 0 Å². The molecule has 1 aromatic heterocycles. The lowest BCUT2D eigenvalue weighted by Gasteiger charge is -2.19. The van der Waals surface area contributed by atoms with Gasteiger partial charge in [-0.2, -0.15) is 0 Å². The molecule has 0 radical (unpaired) electrons. The first kappa shape index (κ1) is 19.8. The van der Waals surface area contributed by atoms with Gasteiger partial charge in [-0.15, -0.1) is 10.2 Å². The highest BCUT2D eigenvalue weighted by atomic mass is 19.2. The van der Waals surface area contributed by atoms with Crippen LogP contribution in [0.5, 0.6) is 0 Å². The molecule has 6 nitrogen and oxygen atoms in total. The monoisotopic (exact) mass is 364 g/mol. The van der Waals surface area contributed by atoms with Gasteiger partial charge >= 0.3 is 0 Å². The predicted molar refractivity (Wildman–Crippen MR) is 97.7 cm³/mol. The molecular formula is C18H26F2N6. The first-order chi connectivity index (χ1) is 12.4. The number of rotatable bonds is 7. The van der Waals surface area contributed by atoms with E-state index in [0.29, 0.717) is 18.1 Å². The summed E-state index contributed by atoms with van der Waals surface area (Å²) in [5.74, 6) is 0.450. The van der Waals surface area contributed by atoms with Crippen LogP contribution in [-0.2, 0) is 13.6 Å². The molecule has 2 rings (SSSR count). The van der Waals surface area contributed by atoms with Gasteiger partial charge in [0, 0.05) is 13.6 Å². The highest BCUT2D eigenvalue weighted by molar-refractivity contribution is 5.80. The fraction of sp³-hybridized carbons (Fsp3) is 0.500. The van der Waals surface area contributed by atoms with E-state index in [4.69, 9.17) is 0 Å². The summed E-state index contributed by atoms with van der Waals surface area (Å²) in [6.45, 7) is 6.99. The smallest absolute Gasteiger partial charge is 0.192 e. The molecule has 2 aromatic rings. The number of aryl methyl sites for hydroxylation is 1. The van der Waals surface area contributed by atoms with E-state index in [1.165, 1.54) is 6.07 Å². The van der Waals surface area contributed by atoms with Gasteiger partial charge in [0.1, 0.15) is 12.4 Å². The Hall–Kier alpha value is -2.51. The van der Waals surface area contributed by atoms with Crippen LogP contribution >= 0.6 is 0 Å². The van der Waals surface area contributed by atoms with Gasteiger partial charge < -0.3 is 15.2 Å². The molecule has 2 N–H and O–H groups in total. The number of nitrogens with zero attached hydrogens (tertiary/aromatic N) is 4. The Balaban J connectivity index is 2.10. The second-order valence-electron chi connectivity index (χ2n) is 6.21. The molecular weight excluding hydrogens is 338 g/mol. The third-order valence-corrected chi connectivity index (χ3v) is 4.18. The van der Waals surface area contributed by atoms with E-state index in [1.807, 2.05) is 25.5 Å². The molecule has 0 spiro atoms. The summed E-state index contributed by atoms with van der Waals surface area (Å²) in [4.78, 5) is 4.55. The minimum Gasteiger partial charge on any atom is -0.356 e. The molecule has 1 aromatic carbocycles. The fourth-order valence-corrected chi connectivity index (χ4v) is 2.34. The van der Waals surface area contributed by atoms with Gasteiger partial charge in [-0.05, 0) is 38.0 Å². The lowest BCUT2D eigenvalue weighted by Crippen LogP contribution is -2.39. The largest absolute Gasteiger partial charge is 0.356 e. The molecule has 0 aliphatic rings. The Kier molecular flexibility index (Phi) is 7.06. The fourth-order valence-electron chi connectivity index (χ4n) is 2.34. The van der Waals surface area contributed by atoms with E-state index in [0.717, 1.165) is 37.1 Å². The minimum atomic E-state index is -0.858. The Morgan fingerprint density at radius 1 is 1.27 bits per heavy atom. The highest BCUT2D eigenvalue weighted by Gasteiger charge is 2.12. The normalized spacial score (nSPS) is 12.9. The maximum atomic E-state index is 13.5. The maximum Gasteiger partial charge on any atom is 0.192 e. The van der Waals surface area contributed by atoms with Crippen molar-refractivity contribution in [3.63, 3.8) is 0 Å². The topological polar surface area (TPSA) is 67.1 Å². The molecule has 0 saturated heterocycles. The van der Waals surface area contributed by atoms with Crippen LogP contribution in [0, 0.1) is 18.6 Å². The van der Waals surface area contributed by atoms with Gasteiger partial charge in [-0.1, -0.05) is 19.4 Å². The van der Waals surface area contributed by atoms with Gasteiger partial charge in [0.15, 0.2) is 23.4 Å². The summed E-state index contributed by atoms with van der Waals surface area (Å²) in [6.07, 6.45) is 2.06. The van der Waals surface area contributed by atoms with Crippen molar-refractivity contribution in [1.29, 1.82) is 0 Å². The molecule has 0 bridgehead atoms. The number of hydrogen-bond donors (Lipinski definition) is 2. The summed E-state index contributed by atoms with van der Waals surface area (Å²) in [6, 6.07) is 3.65. The summed E-state index contributed by atoms with van der Waals surface area (Å²) in [5.41, 5.74) is 0.642. The van der Waals surface area contributed by atoms with Gasteiger partial charge in [-0.3, -0.25) is 0 Å². The van der Waals surface area contributed by atoms with Crippen molar-refractivity contribution >= 4 is 5.96 Å². The first-order valence-corrected chi connectivity index (χ1v) is 8.77. The molecule has 1 atom stereocenters. The van der Waals surface area contributed by atoms with Crippen molar-refractivity contribution < 1.29 is 8.78 Å². The van der Waals surface area contributed by atoms with E-state index >= 15 is 0 Å². The van der Waals surface area contributed by atoms with Crippen molar-refractivity contribution in [2.75, 3.05) is 6.54 Å². The van der Waals surface area contributed by atoms with Crippen molar-refractivity contribution in [3.05, 3.63) is 47.0 Å². The zero-order valence-electron chi connectivity index (χ0n) is 15.7. The highest BCUT2D eigenvalue weighted by Crippen LogP contribution is 2.15. The van der Waals surface area contributed by atoms with E-state index in [2.05, 4.69) is 32.7 Å². The molecule has 8 heteroatoms. The predicted octanol–water partition coefficient (Wildman–Crippen LogP) is 3.00. The Morgan fingerprint density at radius 3 is 2.65 bits per heavy atom. The molecule has 26 heavy (non-hydrogen) atoms. The molecule has 142 valence electrons. The standard InChI is InChI=1S/C18H26F2N6/c1-5-6-9-21-18(22-11-17-25-24-13(3)26(17)4)23-12(2)14-7-8-15(19)16(20)10-14/h7-8,10,12H,5-6,9,11H2,1-4H3,(H2,21,22,23). The quantitative estimate of drug-likeness (QED) is 0.450. The summed E-state index contributed by atoms with van der Waals surface area (Å²) < 4.78 is 28.5. The van der Waals surface area contributed by atoms with Crippen LogP contribution in [0.15, 0.2) is 23.2 Å². The van der Waals surface area contributed by atoms with Gasteiger partial charge in [-0.25, -0.2) is 13.8 Å². The molecule has 1 heterocycles. The second-order valence-corrected chi connectivity index (χ2v) is 6.21. The Bertz CT molecular complexity index is 756. The number of aliphatic imine (C=N–C) groups is 1. The van der Waals surface area contributed by atoms with E-state index in [9.17, 15) is 8.78 Å². The molecule has 1 unspecified atom stereocenters. The number of halogens is 2. The average molecular weight is 364 g/mol. The lowest BCUT2D eigenvalue weighted by molar-refractivity contribution is 0.504. The van der Waals surface area contributed by atoms with Gasteiger partial charge in [0.25, 0.3) is 0 Å². The van der Waals surface area contributed by atoms with E-state index in [1.54, 1.807) is 6.07 Å². The van der Waals surface area contributed by atoms with Crippen molar-refractivity contribution in [1.82, 2.24) is 25.4 Å². The average Bonchev–Trinajstić information content (AvgIpc) is 2.93. The van der Waals surface area contributed by atoms with Crippen LogP contribution in [0.2, 0.25) is 0 Å². The summed E-state index contributed by atoms with van der Waals surface area (Å²) in [7, 11) is 1.89. The number of unbranched alkanes of at least 4 members (excludes halogenated alkanes) is 1. The number of nitrogens with one attached hydrogen (secondary N) is 2. The van der Waals surface area contributed by atoms with E-state index in [-0.39, 0.29) is 6.04 Å². The van der Waals surface area contributed by atoms with Gasteiger partial charge in [0.05, 0.1) is 6.04 Å². The zero-order valence-corrected chi connectivity index (χ0v) is 15.7. The number of benzene rings is 1. The van der Waals surface area contributed by atoms with Crippen molar-refractivity contribution in [2.24, 2.45) is 12.0 Å². The first-order valence-electron chi connectivity index (χ1n) is 8.77. The molecule has 0 saturated carbocycles. The summed E-state index contributed by atoms with van der Waals surface area (Å²) in [5, 5.41) is 14.6. The van der Waals surface area contributed by atoms with Crippen LogP contribution in [0.4, 0.5) is 8.78 Å². The molecule has 0 aliphatic carbocycles. The second kappa shape index (κ2) is 9.26. The molecule has 0 amide bonds. The Morgan fingerprint density at radius 2 is 2.04 bits per heavy atom.